The van der Waals surface area contributed by atoms with Crippen LogP contribution in [0.1, 0.15) is 16.1 Å². The van der Waals surface area contributed by atoms with E-state index in [2.05, 4.69) is 26.4 Å². The summed E-state index contributed by atoms with van der Waals surface area (Å²) < 4.78 is 5.29. The minimum atomic E-state index is -0.568. The lowest BCUT2D eigenvalue weighted by Crippen LogP contribution is -2.12. The fourth-order valence-electron chi connectivity index (χ4n) is 1.40. The van der Waals surface area contributed by atoms with Gasteiger partial charge in [-0.1, -0.05) is 5.16 Å². The zero-order valence-corrected chi connectivity index (χ0v) is 11.3. The first-order chi connectivity index (χ1) is 8.97. The molecule has 98 valence electrons. The summed E-state index contributed by atoms with van der Waals surface area (Å²) in [5.41, 5.74) is 0.596. The fraction of sp³-hybridized carbons (Fsp3) is 0.0909. The lowest BCUT2D eigenvalue weighted by atomic mass is 10.2. The van der Waals surface area contributed by atoms with E-state index in [9.17, 15) is 14.9 Å². The van der Waals surface area contributed by atoms with Crippen molar-refractivity contribution in [2.75, 3.05) is 5.32 Å². The second-order valence-corrected chi connectivity index (χ2v) is 4.56. The Morgan fingerprint density at radius 1 is 1.47 bits per heavy atom. The van der Waals surface area contributed by atoms with E-state index in [-0.39, 0.29) is 17.1 Å². The molecule has 0 aliphatic carbocycles. The Labute approximate surface area is 115 Å². The zero-order valence-electron chi connectivity index (χ0n) is 9.71. The number of carbonyl (C=O) groups is 1. The number of anilines is 1. The lowest BCUT2D eigenvalue weighted by Gasteiger charge is -2.03. The number of nitro groups is 1. The molecule has 0 atom stereocenters. The van der Waals surface area contributed by atoms with Gasteiger partial charge in [-0.05, 0) is 28.9 Å². The summed E-state index contributed by atoms with van der Waals surface area (Å²) in [6.07, 6.45) is 0. The molecule has 0 aliphatic rings. The first-order valence-electron chi connectivity index (χ1n) is 5.16. The predicted octanol–water partition coefficient (Wildman–Crippen LogP) is 2.91. The molecule has 8 heteroatoms. The molecule has 0 saturated carbocycles. The normalized spacial score (nSPS) is 10.2. The summed E-state index contributed by atoms with van der Waals surface area (Å²) >= 11 is 3.17. The average molecular weight is 326 g/mol. The molecule has 2 aromatic rings. The highest BCUT2D eigenvalue weighted by Crippen LogP contribution is 2.23. The van der Waals surface area contributed by atoms with E-state index < -0.39 is 10.8 Å². The highest BCUT2D eigenvalue weighted by molar-refractivity contribution is 9.10. The molecule has 0 spiro atoms. The van der Waals surface area contributed by atoms with Crippen molar-refractivity contribution in [3.8, 4) is 0 Å². The quantitative estimate of drug-likeness (QED) is 0.691. The number of halogens is 1. The summed E-state index contributed by atoms with van der Waals surface area (Å²) in [4.78, 5) is 22.1. The van der Waals surface area contributed by atoms with E-state index >= 15 is 0 Å². The maximum Gasteiger partial charge on any atom is 0.270 e. The van der Waals surface area contributed by atoms with E-state index in [1.54, 1.807) is 13.0 Å². The third-order valence-electron chi connectivity index (χ3n) is 2.27. The van der Waals surface area contributed by atoms with Gasteiger partial charge in [-0.3, -0.25) is 20.2 Å². The molecule has 0 aliphatic heterocycles. The van der Waals surface area contributed by atoms with Crippen molar-refractivity contribution in [3.63, 3.8) is 0 Å². The van der Waals surface area contributed by atoms with Gasteiger partial charge in [0.2, 0.25) is 5.88 Å². The van der Waals surface area contributed by atoms with Crippen molar-refractivity contribution in [2.24, 2.45) is 0 Å². The molecular formula is C11H8BrN3O4. The van der Waals surface area contributed by atoms with Crippen LogP contribution in [0.25, 0.3) is 0 Å². The molecule has 1 amide bonds. The van der Waals surface area contributed by atoms with Crippen LogP contribution in [-0.4, -0.2) is 16.0 Å². The van der Waals surface area contributed by atoms with Crippen LogP contribution in [0, 0.1) is 17.0 Å². The number of hydrogen-bond acceptors (Lipinski definition) is 5. The molecule has 0 fully saturated rings. The van der Waals surface area contributed by atoms with Gasteiger partial charge in [0, 0.05) is 22.7 Å². The Balaban J connectivity index is 2.27. The van der Waals surface area contributed by atoms with Crippen molar-refractivity contribution in [1.29, 1.82) is 0 Å². The highest BCUT2D eigenvalue weighted by Gasteiger charge is 2.16. The van der Waals surface area contributed by atoms with Crippen molar-refractivity contribution in [1.82, 2.24) is 5.16 Å². The maximum atomic E-state index is 12.0. The molecular weight excluding hydrogens is 318 g/mol. The van der Waals surface area contributed by atoms with E-state index in [0.29, 0.717) is 10.2 Å². The molecule has 0 saturated heterocycles. The van der Waals surface area contributed by atoms with Crippen molar-refractivity contribution >= 4 is 33.4 Å². The monoisotopic (exact) mass is 325 g/mol. The number of nitrogens with zero attached hydrogens (tertiary/aromatic N) is 2. The Bertz CT molecular complexity index is 653. The molecule has 2 rings (SSSR count). The first kappa shape index (κ1) is 13.2. The first-order valence-corrected chi connectivity index (χ1v) is 5.95. The molecule has 1 aromatic carbocycles. The molecule has 1 aromatic heterocycles. The number of hydrogen-bond donors (Lipinski definition) is 1. The number of aromatic nitrogens is 1. The number of benzene rings is 1. The molecule has 1 N–H and O–H groups in total. The third-order valence-corrected chi connectivity index (χ3v) is 2.96. The number of aryl methyl sites for hydroxylation is 1. The largest absolute Gasteiger partial charge is 0.338 e. The van der Waals surface area contributed by atoms with Gasteiger partial charge in [0.25, 0.3) is 11.6 Å². The van der Waals surface area contributed by atoms with Gasteiger partial charge in [-0.25, -0.2) is 0 Å². The summed E-state index contributed by atoms with van der Waals surface area (Å²) in [6.45, 7) is 1.71. The highest BCUT2D eigenvalue weighted by atomic mass is 79.9. The SMILES string of the molecule is Cc1cc(NC(=O)c2cc([N+](=O)[O-])ccc2Br)on1. The van der Waals surface area contributed by atoms with Gasteiger partial charge >= 0.3 is 0 Å². The smallest absolute Gasteiger partial charge is 0.270 e. The van der Waals surface area contributed by atoms with E-state index in [1.807, 2.05) is 0 Å². The minimum absolute atomic E-state index is 0.142. The van der Waals surface area contributed by atoms with Crippen LogP contribution in [0.3, 0.4) is 0 Å². The predicted molar refractivity (Wildman–Crippen MR) is 70.0 cm³/mol. The molecule has 19 heavy (non-hydrogen) atoms. The third kappa shape index (κ3) is 2.97. The maximum absolute atomic E-state index is 12.0. The summed E-state index contributed by atoms with van der Waals surface area (Å²) in [7, 11) is 0. The van der Waals surface area contributed by atoms with Crippen LogP contribution in [0.2, 0.25) is 0 Å². The molecule has 1 heterocycles. The van der Waals surface area contributed by atoms with Crippen molar-refractivity contribution in [3.05, 3.63) is 50.1 Å². The van der Waals surface area contributed by atoms with Gasteiger partial charge in [0.15, 0.2) is 0 Å². The van der Waals surface area contributed by atoms with Crippen molar-refractivity contribution in [2.45, 2.75) is 6.92 Å². The van der Waals surface area contributed by atoms with Crippen LogP contribution < -0.4 is 5.32 Å². The van der Waals surface area contributed by atoms with Crippen LogP contribution in [0.15, 0.2) is 33.3 Å². The van der Waals surface area contributed by atoms with Crippen LogP contribution in [0.4, 0.5) is 11.6 Å². The van der Waals surface area contributed by atoms with Gasteiger partial charge in [0.05, 0.1) is 16.2 Å². The van der Waals surface area contributed by atoms with E-state index in [0.717, 1.165) is 0 Å². The van der Waals surface area contributed by atoms with Gasteiger partial charge in [-0.15, -0.1) is 0 Å². The second-order valence-electron chi connectivity index (χ2n) is 3.71. The second kappa shape index (κ2) is 5.19. The molecule has 0 bridgehead atoms. The number of rotatable bonds is 3. The summed E-state index contributed by atoms with van der Waals surface area (Å²) in [6, 6.07) is 5.48. The standard InChI is InChI=1S/C11H8BrN3O4/c1-6-4-10(19-14-6)13-11(16)8-5-7(15(17)18)2-3-9(8)12/h2-5H,1H3,(H,13,16). The Morgan fingerprint density at radius 3 is 2.79 bits per heavy atom. The minimum Gasteiger partial charge on any atom is -0.338 e. The fourth-order valence-corrected chi connectivity index (χ4v) is 1.83. The van der Waals surface area contributed by atoms with Crippen LogP contribution in [0.5, 0.6) is 0 Å². The topological polar surface area (TPSA) is 98.3 Å². The Hall–Kier alpha value is -2.22. The summed E-state index contributed by atoms with van der Waals surface area (Å²) in [5, 5.41) is 16.8. The van der Waals surface area contributed by atoms with Crippen LogP contribution in [-0.2, 0) is 0 Å². The van der Waals surface area contributed by atoms with E-state index in [4.69, 9.17) is 4.52 Å². The summed E-state index contributed by atoms with van der Waals surface area (Å²) in [5.74, 6) is -0.340. The molecule has 0 radical (unpaired) electrons. The number of nitro benzene ring substituents is 1. The van der Waals surface area contributed by atoms with Gasteiger partial charge < -0.3 is 4.52 Å². The Morgan fingerprint density at radius 2 is 2.21 bits per heavy atom. The Kier molecular flexibility index (Phi) is 3.61. The number of carbonyl (C=O) groups excluding carboxylic acids is 1. The molecule has 0 unspecified atom stereocenters. The number of non-ortho nitro benzene ring substituents is 1. The number of amides is 1. The van der Waals surface area contributed by atoms with Crippen LogP contribution >= 0.6 is 15.9 Å². The lowest BCUT2D eigenvalue weighted by molar-refractivity contribution is -0.384. The van der Waals surface area contributed by atoms with E-state index in [1.165, 1.54) is 18.2 Å². The number of nitrogens with one attached hydrogen (secondary N) is 1. The van der Waals surface area contributed by atoms with Crippen molar-refractivity contribution < 1.29 is 14.2 Å². The van der Waals surface area contributed by atoms with Gasteiger partial charge in [0.1, 0.15) is 0 Å². The average Bonchev–Trinajstić information content (AvgIpc) is 2.74. The molecule has 7 nitrogen and oxygen atoms in total. The zero-order chi connectivity index (χ0) is 14.0. The van der Waals surface area contributed by atoms with Gasteiger partial charge in [-0.2, -0.15) is 0 Å².